The van der Waals surface area contributed by atoms with Crippen molar-refractivity contribution < 1.29 is 9.53 Å². The molecule has 0 spiro atoms. The number of fused-ring (bicyclic) bond motifs is 1. The molecule has 0 radical (unpaired) electrons. The molecule has 1 aromatic heterocycles. The number of carbonyl (C=O) groups excluding carboxylic acids is 1. The van der Waals surface area contributed by atoms with E-state index in [1.165, 1.54) is 11.7 Å². The lowest BCUT2D eigenvalue weighted by atomic mass is 10.1. The Morgan fingerprint density at radius 1 is 1.08 bits per heavy atom. The van der Waals surface area contributed by atoms with Crippen molar-refractivity contribution in [1.82, 2.24) is 8.75 Å². The number of carbonyl (C=O) groups is 1. The normalized spacial score (nSPS) is 14.6. The van der Waals surface area contributed by atoms with Crippen LogP contribution in [0.5, 0.6) is 0 Å². The van der Waals surface area contributed by atoms with Crippen LogP contribution in [-0.2, 0) is 16.0 Å². The van der Waals surface area contributed by atoms with Gasteiger partial charge in [0.15, 0.2) is 0 Å². The highest BCUT2D eigenvalue weighted by Crippen LogP contribution is 2.19. The first-order valence-corrected chi connectivity index (χ1v) is 8.95. The number of nitrogens with zero attached hydrogens (tertiary/aromatic N) is 3. The van der Waals surface area contributed by atoms with Crippen molar-refractivity contribution in [2.45, 2.75) is 6.42 Å². The van der Waals surface area contributed by atoms with Crippen molar-refractivity contribution in [2.24, 2.45) is 0 Å². The van der Waals surface area contributed by atoms with Gasteiger partial charge in [0.25, 0.3) is 0 Å². The first-order valence-electron chi connectivity index (χ1n) is 8.22. The van der Waals surface area contributed by atoms with Gasteiger partial charge in [0, 0.05) is 24.5 Å². The lowest BCUT2D eigenvalue weighted by Crippen LogP contribution is -2.36. The van der Waals surface area contributed by atoms with Crippen LogP contribution in [0.1, 0.15) is 5.56 Å². The number of hydrogen-bond donors (Lipinski definition) is 1. The van der Waals surface area contributed by atoms with Gasteiger partial charge in [-0.25, -0.2) is 0 Å². The molecule has 0 atom stereocenters. The number of morpholine rings is 1. The predicted molar refractivity (Wildman–Crippen MR) is 99.2 cm³/mol. The van der Waals surface area contributed by atoms with Crippen molar-refractivity contribution in [3.8, 4) is 0 Å². The number of aromatic nitrogens is 2. The minimum Gasteiger partial charge on any atom is -0.378 e. The molecular weight excluding hydrogens is 336 g/mol. The van der Waals surface area contributed by atoms with Crippen LogP contribution in [0.3, 0.4) is 0 Å². The van der Waals surface area contributed by atoms with E-state index in [1.54, 1.807) is 0 Å². The molecule has 25 heavy (non-hydrogen) atoms. The van der Waals surface area contributed by atoms with Crippen LogP contribution in [0, 0.1) is 0 Å². The molecule has 1 amide bonds. The maximum Gasteiger partial charge on any atom is 0.228 e. The summed E-state index contributed by atoms with van der Waals surface area (Å²) in [7, 11) is 0. The number of anilines is 2. The molecule has 1 aliphatic rings. The Hall–Kier alpha value is -2.51. The highest BCUT2D eigenvalue weighted by Gasteiger charge is 2.11. The average molecular weight is 354 g/mol. The molecule has 2 heterocycles. The minimum absolute atomic E-state index is 0.0401. The van der Waals surface area contributed by atoms with Crippen LogP contribution in [-0.4, -0.2) is 41.0 Å². The fraction of sp³-hybridized carbons (Fsp3) is 0.278. The molecule has 0 unspecified atom stereocenters. The molecule has 1 aliphatic heterocycles. The third kappa shape index (κ3) is 3.78. The zero-order valence-corrected chi connectivity index (χ0v) is 14.5. The lowest BCUT2D eigenvalue weighted by molar-refractivity contribution is -0.115. The largest absolute Gasteiger partial charge is 0.378 e. The summed E-state index contributed by atoms with van der Waals surface area (Å²) in [6.45, 7) is 3.33. The maximum absolute atomic E-state index is 12.3. The summed E-state index contributed by atoms with van der Waals surface area (Å²) in [5.74, 6) is -0.0401. The number of benzene rings is 2. The van der Waals surface area contributed by atoms with Crippen molar-refractivity contribution >= 4 is 40.0 Å². The van der Waals surface area contributed by atoms with E-state index in [0.29, 0.717) is 6.42 Å². The highest BCUT2D eigenvalue weighted by molar-refractivity contribution is 7.00. The first kappa shape index (κ1) is 16.0. The molecule has 1 N–H and O–H groups in total. The van der Waals surface area contributed by atoms with Crippen LogP contribution in [0.15, 0.2) is 42.5 Å². The fourth-order valence-corrected chi connectivity index (χ4v) is 3.42. The number of ether oxygens (including phenoxy) is 1. The van der Waals surface area contributed by atoms with Crippen LogP contribution in [0.2, 0.25) is 0 Å². The standard InChI is InChI=1S/C18H18N4O2S/c23-18(12-13-1-6-16-17(11-13)21-25-20-16)19-14-2-4-15(5-3-14)22-7-9-24-10-8-22/h1-6,11H,7-10,12H2,(H,19,23). The summed E-state index contributed by atoms with van der Waals surface area (Å²) in [6, 6.07) is 13.7. The van der Waals surface area contributed by atoms with Gasteiger partial charge in [-0.1, -0.05) is 6.07 Å². The van der Waals surface area contributed by atoms with Gasteiger partial charge in [-0.05, 0) is 42.0 Å². The number of hydrogen-bond acceptors (Lipinski definition) is 6. The smallest absolute Gasteiger partial charge is 0.228 e. The average Bonchev–Trinajstić information content (AvgIpc) is 3.11. The van der Waals surface area contributed by atoms with Gasteiger partial charge in [-0.3, -0.25) is 4.79 Å². The van der Waals surface area contributed by atoms with E-state index in [1.807, 2.05) is 42.5 Å². The topological polar surface area (TPSA) is 67.4 Å². The quantitative estimate of drug-likeness (QED) is 0.780. The molecule has 0 bridgehead atoms. The highest BCUT2D eigenvalue weighted by atomic mass is 32.1. The number of amides is 1. The molecule has 2 aromatic carbocycles. The minimum atomic E-state index is -0.0401. The van der Waals surface area contributed by atoms with Crippen molar-refractivity contribution in [3.05, 3.63) is 48.0 Å². The summed E-state index contributed by atoms with van der Waals surface area (Å²) in [5.41, 5.74) is 4.60. The van der Waals surface area contributed by atoms with Crippen LogP contribution < -0.4 is 10.2 Å². The summed E-state index contributed by atoms with van der Waals surface area (Å²) >= 11 is 1.18. The Balaban J connectivity index is 1.38. The fourth-order valence-electron chi connectivity index (χ4n) is 2.91. The third-order valence-electron chi connectivity index (χ3n) is 4.21. The molecule has 4 rings (SSSR count). The van der Waals surface area contributed by atoms with Crippen molar-refractivity contribution in [2.75, 3.05) is 36.5 Å². The lowest BCUT2D eigenvalue weighted by Gasteiger charge is -2.28. The number of rotatable bonds is 4. The Morgan fingerprint density at radius 3 is 2.64 bits per heavy atom. The van der Waals surface area contributed by atoms with Crippen molar-refractivity contribution in [3.63, 3.8) is 0 Å². The van der Waals surface area contributed by atoms with Gasteiger partial charge in [-0.2, -0.15) is 8.75 Å². The number of nitrogens with one attached hydrogen (secondary N) is 1. The van der Waals surface area contributed by atoms with Gasteiger partial charge in [0.1, 0.15) is 11.0 Å². The Morgan fingerprint density at radius 2 is 1.84 bits per heavy atom. The second kappa shape index (κ2) is 7.16. The molecule has 128 valence electrons. The summed E-state index contributed by atoms with van der Waals surface area (Å²) in [4.78, 5) is 14.6. The molecule has 3 aromatic rings. The summed E-state index contributed by atoms with van der Waals surface area (Å²) in [5, 5.41) is 2.95. The molecule has 0 aliphatic carbocycles. The zero-order valence-electron chi connectivity index (χ0n) is 13.6. The van der Waals surface area contributed by atoms with E-state index in [-0.39, 0.29) is 5.91 Å². The monoisotopic (exact) mass is 354 g/mol. The molecule has 6 nitrogen and oxygen atoms in total. The Bertz CT molecular complexity index is 872. The van der Waals surface area contributed by atoms with Crippen LogP contribution in [0.25, 0.3) is 11.0 Å². The van der Waals surface area contributed by atoms with Gasteiger partial charge in [0.05, 0.1) is 31.4 Å². The summed E-state index contributed by atoms with van der Waals surface area (Å²) < 4.78 is 13.8. The Labute approximate surface area is 149 Å². The maximum atomic E-state index is 12.3. The molecule has 1 fully saturated rings. The zero-order chi connectivity index (χ0) is 17.1. The summed E-state index contributed by atoms with van der Waals surface area (Å²) in [6.07, 6.45) is 0.318. The van der Waals surface area contributed by atoms with E-state index >= 15 is 0 Å². The van der Waals surface area contributed by atoms with E-state index in [4.69, 9.17) is 4.74 Å². The second-order valence-electron chi connectivity index (χ2n) is 5.96. The van der Waals surface area contributed by atoms with E-state index in [0.717, 1.165) is 54.3 Å². The first-order chi connectivity index (χ1) is 12.3. The van der Waals surface area contributed by atoms with E-state index in [9.17, 15) is 4.79 Å². The second-order valence-corrected chi connectivity index (χ2v) is 6.49. The van der Waals surface area contributed by atoms with E-state index < -0.39 is 0 Å². The third-order valence-corrected chi connectivity index (χ3v) is 4.77. The van der Waals surface area contributed by atoms with Gasteiger partial charge < -0.3 is 15.0 Å². The Kier molecular flexibility index (Phi) is 4.58. The molecule has 1 saturated heterocycles. The van der Waals surface area contributed by atoms with Crippen LogP contribution in [0.4, 0.5) is 11.4 Å². The van der Waals surface area contributed by atoms with E-state index in [2.05, 4.69) is 19.0 Å². The predicted octanol–water partition coefficient (Wildman–Crippen LogP) is 2.71. The van der Waals surface area contributed by atoms with Crippen molar-refractivity contribution in [1.29, 1.82) is 0 Å². The molecular formula is C18H18N4O2S. The van der Waals surface area contributed by atoms with Gasteiger partial charge >= 0.3 is 0 Å². The van der Waals surface area contributed by atoms with Crippen LogP contribution >= 0.6 is 11.7 Å². The SMILES string of the molecule is O=C(Cc1ccc2nsnc2c1)Nc1ccc(N2CCOCC2)cc1. The molecule has 0 saturated carbocycles. The molecule has 7 heteroatoms. The van der Waals surface area contributed by atoms with Gasteiger partial charge in [-0.15, -0.1) is 0 Å². The van der Waals surface area contributed by atoms with Gasteiger partial charge in [0.2, 0.25) is 5.91 Å².